The van der Waals surface area contributed by atoms with Crippen molar-refractivity contribution < 1.29 is 61.4 Å². The van der Waals surface area contributed by atoms with Crippen LogP contribution in [0.2, 0.25) is 0 Å². The summed E-state index contributed by atoms with van der Waals surface area (Å²) in [5.74, 6) is 0.664. The molecule has 0 saturated carbocycles. The van der Waals surface area contributed by atoms with Gasteiger partial charge in [0.15, 0.2) is 28.4 Å². The van der Waals surface area contributed by atoms with E-state index in [1.54, 1.807) is 0 Å². The van der Waals surface area contributed by atoms with Crippen molar-refractivity contribution in [2.45, 2.75) is 49.5 Å². The maximum Gasteiger partial charge on any atom is 0.278 e. The molecule has 0 spiro atoms. The van der Waals surface area contributed by atoms with Gasteiger partial charge in [-0.05, 0) is 6.42 Å². The van der Waals surface area contributed by atoms with Crippen molar-refractivity contribution >= 4 is 52.2 Å². The molecule has 1 aliphatic rings. The Morgan fingerprint density at radius 3 is 2.47 bits per heavy atom. The Hall–Kier alpha value is -1.01. The van der Waals surface area contributed by atoms with Crippen LogP contribution in [0.15, 0.2) is 11.5 Å². The van der Waals surface area contributed by atoms with Gasteiger partial charge in [-0.2, -0.15) is 0 Å². The number of unbranched alkanes of at least 4 members (excludes halogenated alkanes) is 1. The molecule has 18 nitrogen and oxygen atoms in total. The average molecular weight is 591 g/mol. The standard InChI is InChI=1S/C14H24N5O13P3S/c1-2-3-4-36-14-18-8-11(15)16-6-17-12(8)19(14)13-10(21)9(20)7(30-13)5-29-34(25,26)32-35(27,28)31-33(22,23)24/h6-7,9-10,13,20-21H,2-5H2,1H3,(H,25,26)(H,27,28)(H2,15,16,17)(H2,22,23,24)/p-4/t7-,9-,10-,13-/m1/s1. The number of aliphatic hydroxyl groups is 2. The van der Waals surface area contributed by atoms with E-state index in [9.17, 15) is 43.5 Å². The summed E-state index contributed by atoms with van der Waals surface area (Å²) in [6.45, 7) is 0.901. The van der Waals surface area contributed by atoms with E-state index >= 15 is 0 Å². The van der Waals surface area contributed by atoms with Gasteiger partial charge in [0, 0.05) is 5.75 Å². The summed E-state index contributed by atoms with van der Waals surface area (Å²) >= 11 is 1.28. The number of aromatic nitrogens is 4. The third kappa shape index (κ3) is 7.30. The Labute approximate surface area is 207 Å². The van der Waals surface area contributed by atoms with Gasteiger partial charge in [-0.15, -0.1) is 0 Å². The number of ether oxygens (including phenoxy) is 1. The van der Waals surface area contributed by atoms with Crippen molar-refractivity contribution in [3.63, 3.8) is 0 Å². The smallest absolute Gasteiger partial charge is 0.278 e. The highest BCUT2D eigenvalue weighted by Crippen LogP contribution is 2.60. The van der Waals surface area contributed by atoms with Crippen molar-refractivity contribution in [3.8, 4) is 0 Å². The number of nitrogen functional groups attached to an aromatic ring is 1. The first-order valence-corrected chi connectivity index (χ1v) is 15.3. The lowest BCUT2D eigenvalue weighted by Gasteiger charge is -2.37. The van der Waals surface area contributed by atoms with Gasteiger partial charge in [0.25, 0.3) is 15.6 Å². The zero-order valence-corrected chi connectivity index (χ0v) is 21.7. The van der Waals surface area contributed by atoms with Crippen LogP contribution in [0.4, 0.5) is 5.82 Å². The van der Waals surface area contributed by atoms with Gasteiger partial charge >= 0.3 is 0 Å². The lowest BCUT2D eigenvalue weighted by atomic mass is 10.1. The summed E-state index contributed by atoms with van der Waals surface area (Å²) in [5, 5.41) is 21.3. The Morgan fingerprint density at radius 1 is 1.14 bits per heavy atom. The lowest BCUT2D eigenvalue weighted by Crippen LogP contribution is -2.34. The first-order chi connectivity index (χ1) is 16.6. The van der Waals surface area contributed by atoms with Crippen LogP contribution in [0.5, 0.6) is 0 Å². The monoisotopic (exact) mass is 591 g/mol. The normalized spacial score (nSPS) is 26.2. The minimum Gasteiger partial charge on any atom is -0.790 e. The van der Waals surface area contributed by atoms with Crippen LogP contribution in [0.3, 0.4) is 0 Å². The molecule has 1 fully saturated rings. The second-order valence-electron chi connectivity index (χ2n) is 7.24. The zero-order valence-electron chi connectivity index (χ0n) is 18.2. The molecular formula is C14H20N5O13P3S-4. The SMILES string of the molecule is CCCCSc1nc2c(N)ncnc2n1[C@@H]1O[C@H](COP(=O)([O-])OP(=O)([O-])OP(=O)([O-])[O-])[C@@H](O)[C@H]1O. The second-order valence-corrected chi connectivity index (χ2v) is 12.6. The number of nitrogens with two attached hydrogens (primary N) is 1. The molecule has 3 rings (SSSR count). The molecule has 204 valence electrons. The van der Waals surface area contributed by atoms with E-state index < -0.39 is 54.6 Å². The van der Waals surface area contributed by atoms with Gasteiger partial charge in [-0.25, -0.2) is 19.3 Å². The van der Waals surface area contributed by atoms with E-state index in [1.165, 1.54) is 16.3 Å². The maximum absolute atomic E-state index is 11.8. The van der Waals surface area contributed by atoms with Gasteiger partial charge in [0.1, 0.15) is 24.6 Å². The van der Waals surface area contributed by atoms with Crippen LogP contribution in [0.25, 0.3) is 11.2 Å². The Bertz CT molecular complexity index is 1230. The number of imidazole rings is 1. The quantitative estimate of drug-likeness (QED) is 0.133. The van der Waals surface area contributed by atoms with E-state index in [4.69, 9.17) is 10.5 Å². The van der Waals surface area contributed by atoms with Crippen molar-refractivity contribution in [3.05, 3.63) is 6.33 Å². The Balaban J connectivity index is 1.79. The largest absolute Gasteiger partial charge is 0.790 e. The number of hydrogen-bond donors (Lipinski definition) is 3. The average Bonchev–Trinajstić information content (AvgIpc) is 3.22. The van der Waals surface area contributed by atoms with E-state index in [0.29, 0.717) is 10.9 Å². The summed E-state index contributed by atoms with van der Waals surface area (Å²) in [6, 6.07) is 0. The molecule has 0 radical (unpaired) electrons. The maximum atomic E-state index is 11.8. The molecule has 3 heterocycles. The fourth-order valence-corrected chi connectivity index (χ4v) is 7.04. The molecule has 2 aromatic rings. The molecule has 0 aromatic carbocycles. The lowest BCUT2D eigenvalue weighted by molar-refractivity contribution is -0.339. The van der Waals surface area contributed by atoms with Gasteiger partial charge < -0.3 is 49.3 Å². The van der Waals surface area contributed by atoms with Crippen LogP contribution in [-0.2, 0) is 31.6 Å². The van der Waals surface area contributed by atoms with Gasteiger partial charge in [0.05, 0.1) is 14.4 Å². The molecule has 22 heteroatoms. The summed E-state index contributed by atoms with van der Waals surface area (Å²) in [5.41, 5.74) is 6.21. The first kappa shape index (κ1) is 29.5. The van der Waals surface area contributed by atoms with Crippen LogP contribution in [0.1, 0.15) is 26.0 Å². The van der Waals surface area contributed by atoms with Crippen LogP contribution >= 0.6 is 35.2 Å². The summed E-state index contributed by atoms with van der Waals surface area (Å²) in [6.07, 6.45) is -3.48. The molecule has 36 heavy (non-hydrogen) atoms. The van der Waals surface area contributed by atoms with Gasteiger partial charge in [0.2, 0.25) is 0 Å². The predicted octanol–water partition coefficient (Wildman–Crippen LogP) is -2.26. The third-order valence-electron chi connectivity index (χ3n) is 4.59. The number of aliphatic hydroxyl groups excluding tert-OH is 2. The highest BCUT2D eigenvalue weighted by atomic mass is 32.2. The minimum atomic E-state index is -6.16. The number of fused-ring (bicyclic) bond motifs is 1. The zero-order chi connectivity index (χ0) is 26.9. The highest BCUT2D eigenvalue weighted by molar-refractivity contribution is 7.99. The van der Waals surface area contributed by atoms with Crippen molar-refractivity contribution in [2.75, 3.05) is 18.1 Å². The molecule has 0 amide bonds. The van der Waals surface area contributed by atoms with Crippen LogP contribution in [0, 0.1) is 0 Å². The van der Waals surface area contributed by atoms with Crippen LogP contribution < -0.4 is 25.3 Å². The number of rotatable bonds is 12. The first-order valence-electron chi connectivity index (χ1n) is 9.98. The summed E-state index contributed by atoms with van der Waals surface area (Å²) < 4.78 is 51.3. The van der Waals surface area contributed by atoms with E-state index in [0.717, 1.165) is 19.2 Å². The summed E-state index contributed by atoms with van der Waals surface area (Å²) in [4.78, 5) is 56.2. The molecule has 6 atom stereocenters. The van der Waals surface area contributed by atoms with Crippen molar-refractivity contribution in [1.82, 2.24) is 19.5 Å². The van der Waals surface area contributed by atoms with Crippen molar-refractivity contribution in [2.24, 2.45) is 0 Å². The third-order valence-corrected chi connectivity index (χ3v) is 9.29. The fourth-order valence-electron chi connectivity index (χ4n) is 3.07. The molecule has 0 bridgehead atoms. The number of phosphoric acid groups is 3. The number of anilines is 1. The second kappa shape index (κ2) is 11.4. The number of thioether (sulfide) groups is 1. The molecule has 2 unspecified atom stereocenters. The number of phosphoric ester groups is 1. The van der Waals surface area contributed by atoms with Crippen molar-refractivity contribution in [1.29, 1.82) is 0 Å². The molecule has 4 N–H and O–H groups in total. The molecule has 0 aliphatic carbocycles. The van der Waals surface area contributed by atoms with Gasteiger partial charge in [-0.3, -0.25) is 18.0 Å². The topological polar surface area (TPSA) is 290 Å². The van der Waals surface area contributed by atoms with E-state index in [2.05, 4.69) is 28.1 Å². The molecule has 2 aromatic heterocycles. The molecular weight excluding hydrogens is 571 g/mol. The molecule has 1 saturated heterocycles. The van der Waals surface area contributed by atoms with Gasteiger partial charge in [-0.1, -0.05) is 25.1 Å². The van der Waals surface area contributed by atoms with E-state index in [-0.39, 0.29) is 17.0 Å². The van der Waals surface area contributed by atoms with E-state index in [1.807, 2.05) is 6.92 Å². The van der Waals surface area contributed by atoms with Crippen LogP contribution in [-0.4, -0.2) is 60.4 Å². The Morgan fingerprint density at radius 2 is 1.83 bits per heavy atom. The number of hydrogen-bond acceptors (Lipinski definition) is 18. The molecule has 1 aliphatic heterocycles. The summed E-state index contributed by atoms with van der Waals surface area (Å²) in [7, 11) is -18.1. The number of nitrogens with zero attached hydrogens (tertiary/aromatic N) is 4. The minimum absolute atomic E-state index is 0.0402. The Kier molecular flexibility index (Phi) is 9.35. The fraction of sp³-hybridized carbons (Fsp3) is 0.643. The highest BCUT2D eigenvalue weighted by Gasteiger charge is 2.46. The predicted molar refractivity (Wildman–Crippen MR) is 112 cm³/mol.